The molecule has 0 unspecified atom stereocenters. The smallest absolute Gasteiger partial charge is 0.0546 e. The molecule has 1 fully saturated rings. The van der Waals surface area contributed by atoms with Gasteiger partial charge >= 0.3 is 0 Å². The summed E-state index contributed by atoms with van der Waals surface area (Å²) in [5.74, 6) is 0.726. The lowest BCUT2D eigenvalue weighted by molar-refractivity contribution is 0.643. The Labute approximate surface area is 86.4 Å². The highest BCUT2D eigenvalue weighted by molar-refractivity contribution is 7.85. The van der Waals surface area contributed by atoms with Crippen LogP contribution in [0, 0.1) is 0 Å². The van der Waals surface area contributed by atoms with Crippen LogP contribution in [0.1, 0.15) is 12.8 Å². The summed E-state index contributed by atoms with van der Waals surface area (Å²) in [6.45, 7) is 1.07. The summed E-state index contributed by atoms with van der Waals surface area (Å²) < 4.78 is 11.8. The predicted molar refractivity (Wildman–Crippen MR) is 56.5 cm³/mol. The van der Waals surface area contributed by atoms with Crippen molar-refractivity contribution in [3.8, 4) is 0 Å². The molecule has 0 aromatic carbocycles. The largest absolute Gasteiger partial charge is 0.313 e. The molecule has 0 aliphatic carbocycles. The van der Waals surface area contributed by atoms with Crippen LogP contribution in [-0.2, 0) is 10.8 Å². The number of pyridine rings is 1. The van der Waals surface area contributed by atoms with Crippen LogP contribution in [0.25, 0.3) is 0 Å². The van der Waals surface area contributed by atoms with E-state index in [0.29, 0.717) is 6.04 Å². The molecule has 0 saturated carbocycles. The van der Waals surface area contributed by atoms with E-state index in [4.69, 9.17) is 0 Å². The topological polar surface area (TPSA) is 42.0 Å². The Hall–Kier alpha value is -0.740. The minimum Gasteiger partial charge on any atom is -0.313 e. The van der Waals surface area contributed by atoms with Crippen molar-refractivity contribution < 1.29 is 4.21 Å². The van der Waals surface area contributed by atoms with Crippen LogP contribution < -0.4 is 5.32 Å². The van der Waals surface area contributed by atoms with E-state index in [1.807, 2.05) is 12.1 Å². The molecule has 1 aliphatic heterocycles. The number of rotatable bonds is 3. The van der Waals surface area contributed by atoms with E-state index in [1.54, 1.807) is 12.4 Å². The van der Waals surface area contributed by atoms with Gasteiger partial charge in [0.05, 0.1) is 10.8 Å². The van der Waals surface area contributed by atoms with E-state index in [0.717, 1.165) is 23.6 Å². The molecule has 0 amide bonds. The highest BCUT2D eigenvalue weighted by Crippen LogP contribution is 2.11. The van der Waals surface area contributed by atoms with Crippen LogP contribution in [0.2, 0.25) is 0 Å². The third kappa shape index (κ3) is 2.39. The Bertz CT molecular complexity index is 309. The molecule has 1 N–H and O–H groups in total. The van der Waals surface area contributed by atoms with Gasteiger partial charge in [0.2, 0.25) is 0 Å². The molecule has 2 atom stereocenters. The summed E-state index contributed by atoms with van der Waals surface area (Å²) in [5.41, 5.74) is 0. The standard InChI is InChI=1S/C10H14N2OS/c13-14(8-9-2-1-5-12-9)10-3-6-11-7-4-10/h3-4,6-7,9,12H,1-2,5,8H2/t9-,14+/m1/s1. The van der Waals surface area contributed by atoms with Gasteiger partial charge in [-0.15, -0.1) is 0 Å². The van der Waals surface area contributed by atoms with Crippen molar-refractivity contribution in [2.24, 2.45) is 0 Å². The molecular formula is C10H14N2OS. The molecule has 0 radical (unpaired) electrons. The quantitative estimate of drug-likeness (QED) is 0.807. The lowest BCUT2D eigenvalue weighted by Gasteiger charge is -2.08. The Morgan fingerprint density at radius 2 is 2.29 bits per heavy atom. The molecular weight excluding hydrogens is 196 g/mol. The maximum absolute atomic E-state index is 11.8. The zero-order valence-electron chi connectivity index (χ0n) is 7.98. The Kier molecular flexibility index (Phi) is 3.26. The average molecular weight is 210 g/mol. The summed E-state index contributed by atoms with van der Waals surface area (Å²) in [4.78, 5) is 4.79. The summed E-state index contributed by atoms with van der Waals surface area (Å²) in [5, 5.41) is 3.35. The molecule has 4 heteroatoms. The molecule has 2 rings (SSSR count). The van der Waals surface area contributed by atoms with Gasteiger partial charge < -0.3 is 5.32 Å². The van der Waals surface area contributed by atoms with Gasteiger partial charge in [-0.25, -0.2) is 0 Å². The summed E-state index contributed by atoms with van der Waals surface area (Å²) >= 11 is 0. The van der Waals surface area contributed by atoms with Crippen molar-refractivity contribution in [2.45, 2.75) is 23.8 Å². The average Bonchev–Trinajstić information content (AvgIpc) is 2.72. The third-order valence-electron chi connectivity index (χ3n) is 2.43. The van der Waals surface area contributed by atoms with Crippen molar-refractivity contribution >= 4 is 10.8 Å². The SMILES string of the molecule is O=[S@@](C[C@H]1CCCN1)c1ccncc1. The van der Waals surface area contributed by atoms with Gasteiger partial charge in [-0.3, -0.25) is 9.19 Å². The van der Waals surface area contributed by atoms with E-state index in [9.17, 15) is 4.21 Å². The summed E-state index contributed by atoms with van der Waals surface area (Å²) in [7, 11) is -0.876. The van der Waals surface area contributed by atoms with Gasteiger partial charge in [0.25, 0.3) is 0 Å². The zero-order chi connectivity index (χ0) is 9.80. The Morgan fingerprint density at radius 3 is 2.93 bits per heavy atom. The van der Waals surface area contributed by atoms with Crippen LogP contribution in [0.5, 0.6) is 0 Å². The lowest BCUT2D eigenvalue weighted by atomic mass is 10.3. The lowest BCUT2D eigenvalue weighted by Crippen LogP contribution is -2.27. The molecule has 0 bridgehead atoms. The molecule has 1 aromatic heterocycles. The van der Waals surface area contributed by atoms with Crippen LogP contribution in [-0.4, -0.2) is 27.5 Å². The van der Waals surface area contributed by atoms with Gasteiger partial charge in [-0.2, -0.15) is 0 Å². The van der Waals surface area contributed by atoms with Gasteiger partial charge in [0.15, 0.2) is 0 Å². The van der Waals surface area contributed by atoms with Crippen LogP contribution in [0.3, 0.4) is 0 Å². The first kappa shape index (κ1) is 9.80. The number of hydrogen-bond acceptors (Lipinski definition) is 3. The van der Waals surface area contributed by atoms with Crippen LogP contribution in [0.4, 0.5) is 0 Å². The normalized spacial score (nSPS) is 23.6. The van der Waals surface area contributed by atoms with Crippen molar-refractivity contribution in [3.63, 3.8) is 0 Å². The van der Waals surface area contributed by atoms with Crippen molar-refractivity contribution in [1.29, 1.82) is 0 Å². The number of aromatic nitrogens is 1. The maximum Gasteiger partial charge on any atom is 0.0546 e. The van der Waals surface area contributed by atoms with E-state index >= 15 is 0 Å². The zero-order valence-corrected chi connectivity index (χ0v) is 8.80. The minimum absolute atomic E-state index is 0.434. The number of hydrogen-bond donors (Lipinski definition) is 1. The highest BCUT2D eigenvalue weighted by atomic mass is 32.2. The fraction of sp³-hybridized carbons (Fsp3) is 0.500. The van der Waals surface area contributed by atoms with Crippen molar-refractivity contribution in [1.82, 2.24) is 10.3 Å². The first-order chi connectivity index (χ1) is 6.86. The van der Waals surface area contributed by atoms with Crippen molar-refractivity contribution in [2.75, 3.05) is 12.3 Å². The predicted octanol–water partition coefficient (Wildman–Crippen LogP) is 0.941. The second-order valence-electron chi connectivity index (χ2n) is 3.49. The Balaban J connectivity index is 1.95. The third-order valence-corrected chi connectivity index (χ3v) is 3.93. The maximum atomic E-state index is 11.8. The Morgan fingerprint density at radius 1 is 1.50 bits per heavy atom. The molecule has 76 valence electrons. The molecule has 3 nitrogen and oxygen atoms in total. The van der Waals surface area contributed by atoms with Gasteiger partial charge in [-0.1, -0.05) is 0 Å². The van der Waals surface area contributed by atoms with Crippen LogP contribution >= 0.6 is 0 Å². The molecule has 1 aliphatic rings. The summed E-state index contributed by atoms with van der Waals surface area (Å²) in [6.07, 6.45) is 5.74. The first-order valence-electron chi connectivity index (χ1n) is 4.88. The fourth-order valence-corrected chi connectivity index (χ4v) is 2.94. The molecule has 1 saturated heterocycles. The number of nitrogens with zero attached hydrogens (tertiary/aromatic N) is 1. The highest BCUT2D eigenvalue weighted by Gasteiger charge is 2.17. The van der Waals surface area contributed by atoms with E-state index in [-0.39, 0.29) is 0 Å². The van der Waals surface area contributed by atoms with Gasteiger partial charge in [0, 0.05) is 29.1 Å². The van der Waals surface area contributed by atoms with Crippen LogP contribution in [0.15, 0.2) is 29.4 Å². The fourth-order valence-electron chi connectivity index (χ4n) is 1.67. The van der Waals surface area contributed by atoms with E-state index < -0.39 is 10.8 Å². The molecule has 14 heavy (non-hydrogen) atoms. The van der Waals surface area contributed by atoms with Crippen molar-refractivity contribution in [3.05, 3.63) is 24.5 Å². The van der Waals surface area contributed by atoms with Gasteiger partial charge in [0.1, 0.15) is 0 Å². The monoisotopic (exact) mass is 210 g/mol. The second-order valence-corrected chi connectivity index (χ2v) is 4.98. The van der Waals surface area contributed by atoms with E-state index in [1.165, 1.54) is 6.42 Å². The summed E-state index contributed by atoms with van der Waals surface area (Å²) in [6, 6.07) is 4.08. The molecule has 0 spiro atoms. The molecule has 1 aromatic rings. The first-order valence-corrected chi connectivity index (χ1v) is 6.20. The number of nitrogens with one attached hydrogen (secondary N) is 1. The molecule has 2 heterocycles. The minimum atomic E-state index is -0.876. The van der Waals surface area contributed by atoms with E-state index in [2.05, 4.69) is 10.3 Å². The second kappa shape index (κ2) is 4.66. The van der Waals surface area contributed by atoms with Gasteiger partial charge in [-0.05, 0) is 31.5 Å².